The van der Waals surface area contributed by atoms with Gasteiger partial charge in [0.2, 0.25) is 0 Å². The van der Waals surface area contributed by atoms with Crippen LogP contribution in [0.25, 0.3) is 0 Å². The van der Waals surface area contributed by atoms with Gasteiger partial charge in [0.25, 0.3) is 5.91 Å². The van der Waals surface area contributed by atoms with Gasteiger partial charge in [0.1, 0.15) is 12.0 Å². The summed E-state index contributed by atoms with van der Waals surface area (Å²) in [6.45, 7) is 3.76. The van der Waals surface area contributed by atoms with E-state index in [-0.39, 0.29) is 12.0 Å². The van der Waals surface area contributed by atoms with E-state index < -0.39 is 0 Å². The number of hydrogen-bond acceptors (Lipinski definition) is 6. The zero-order valence-corrected chi connectivity index (χ0v) is 13.3. The molecule has 1 aliphatic rings. The van der Waals surface area contributed by atoms with Crippen molar-refractivity contribution in [2.45, 2.75) is 25.9 Å². The van der Waals surface area contributed by atoms with Crippen LogP contribution in [0.5, 0.6) is 0 Å². The summed E-state index contributed by atoms with van der Waals surface area (Å²) in [6.07, 6.45) is 3.31. The standard InChI is InChI=1S/C15H18N4O2S/c1-11-6-12(17-9-16-11)2-3-13-7-19(4-5-21-13)15(20)14-8-22-10-18-14/h6,8-10,13H,2-5,7H2,1H3. The van der Waals surface area contributed by atoms with Gasteiger partial charge >= 0.3 is 0 Å². The van der Waals surface area contributed by atoms with Crippen molar-refractivity contribution in [2.75, 3.05) is 19.7 Å². The van der Waals surface area contributed by atoms with Gasteiger partial charge in [0.05, 0.1) is 18.2 Å². The zero-order chi connectivity index (χ0) is 15.4. The number of nitrogens with zero attached hydrogens (tertiary/aromatic N) is 4. The lowest BCUT2D eigenvalue weighted by atomic mass is 10.1. The molecule has 1 amide bonds. The van der Waals surface area contributed by atoms with Crippen molar-refractivity contribution < 1.29 is 9.53 Å². The predicted octanol–water partition coefficient (Wildman–Crippen LogP) is 1.72. The number of carbonyl (C=O) groups is 1. The van der Waals surface area contributed by atoms with E-state index in [1.807, 2.05) is 17.9 Å². The van der Waals surface area contributed by atoms with Crippen LogP contribution in [0.15, 0.2) is 23.3 Å². The van der Waals surface area contributed by atoms with Gasteiger partial charge in [0.15, 0.2) is 0 Å². The van der Waals surface area contributed by atoms with E-state index in [9.17, 15) is 4.79 Å². The SMILES string of the molecule is Cc1cc(CCC2CN(C(=O)c3cscn3)CCO2)ncn1. The molecule has 6 nitrogen and oxygen atoms in total. The fourth-order valence-corrected chi connectivity index (χ4v) is 3.04. The number of hydrogen-bond donors (Lipinski definition) is 0. The van der Waals surface area contributed by atoms with Gasteiger partial charge in [-0.2, -0.15) is 0 Å². The molecule has 1 fully saturated rings. The topological polar surface area (TPSA) is 68.2 Å². The van der Waals surface area contributed by atoms with Gasteiger partial charge in [-0.05, 0) is 25.8 Å². The lowest BCUT2D eigenvalue weighted by Crippen LogP contribution is -2.45. The number of aryl methyl sites for hydroxylation is 2. The fourth-order valence-electron chi connectivity index (χ4n) is 2.51. The first-order chi connectivity index (χ1) is 10.7. The summed E-state index contributed by atoms with van der Waals surface area (Å²) in [5.41, 5.74) is 4.19. The average molecular weight is 318 g/mol. The summed E-state index contributed by atoms with van der Waals surface area (Å²) < 4.78 is 5.77. The lowest BCUT2D eigenvalue weighted by molar-refractivity contribution is -0.0248. The second kappa shape index (κ2) is 6.93. The summed E-state index contributed by atoms with van der Waals surface area (Å²) >= 11 is 1.44. The van der Waals surface area contributed by atoms with Crippen LogP contribution in [0.4, 0.5) is 0 Å². The minimum Gasteiger partial charge on any atom is -0.375 e. The van der Waals surface area contributed by atoms with E-state index in [0.29, 0.717) is 25.4 Å². The van der Waals surface area contributed by atoms with Crippen LogP contribution in [0.3, 0.4) is 0 Å². The summed E-state index contributed by atoms with van der Waals surface area (Å²) in [5.74, 6) is -0.00701. The Morgan fingerprint density at radius 2 is 2.36 bits per heavy atom. The third kappa shape index (κ3) is 3.66. The quantitative estimate of drug-likeness (QED) is 0.858. The molecule has 2 aromatic heterocycles. The third-order valence-corrected chi connectivity index (χ3v) is 4.25. The molecule has 7 heteroatoms. The first-order valence-electron chi connectivity index (χ1n) is 7.29. The molecular formula is C15H18N4O2S. The fraction of sp³-hybridized carbons (Fsp3) is 0.467. The van der Waals surface area contributed by atoms with Crippen molar-refractivity contribution >= 4 is 17.2 Å². The Kier molecular flexibility index (Phi) is 4.74. The normalized spacial score (nSPS) is 18.4. The third-order valence-electron chi connectivity index (χ3n) is 3.66. The highest BCUT2D eigenvalue weighted by Gasteiger charge is 2.25. The smallest absolute Gasteiger partial charge is 0.273 e. The molecule has 116 valence electrons. The number of morpholine rings is 1. The molecule has 1 saturated heterocycles. The number of thiazole rings is 1. The van der Waals surface area contributed by atoms with Gasteiger partial charge < -0.3 is 9.64 Å². The molecule has 1 atom stereocenters. The van der Waals surface area contributed by atoms with E-state index in [1.165, 1.54) is 11.3 Å². The number of aromatic nitrogens is 3. The largest absolute Gasteiger partial charge is 0.375 e. The Morgan fingerprint density at radius 1 is 1.45 bits per heavy atom. The molecule has 0 aromatic carbocycles. The molecule has 2 aromatic rings. The van der Waals surface area contributed by atoms with Gasteiger partial charge in [0, 0.05) is 29.9 Å². The summed E-state index contributed by atoms with van der Waals surface area (Å²) in [6, 6.07) is 1.99. The van der Waals surface area contributed by atoms with Crippen molar-refractivity contribution in [1.82, 2.24) is 19.9 Å². The molecule has 22 heavy (non-hydrogen) atoms. The first-order valence-corrected chi connectivity index (χ1v) is 8.23. The summed E-state index contributed by atoms with van der Waals surface area (Å²) in [4.78, 5) is 26.6. The Bertz CT molecular complexity index is 632. The maximum atomic E-state index is 12.3. The second-order valence-corrected chi connectivity index (χ2v) is 6.03. The molecule has 0 bridgehead atoms. The van der Waals surface area contributed by atoms with E-state index in [4.69, 9.17) is 4.74 Å². The highest BCUT2D eigenvalue weighted by Crippen LogP contribution is 2.14. The minimum atomic E-state index is -0.00701. The number of carbonyl (C=O) groups excluding carboxylic acids is 1. The Morgan fingerprint density at radius 3 is 3.14 bits per heavy atom. The van der Waals surface area contributed by atoms with Crippen molar-refractivity contribution in [3.8, 4) is 0 Å². The van der Waals surface area contributed by atoms with Crippen LogP contribution in [0, 0.1) is 6.92 Å². The van der Waals surface area contributed by atoms with Gasteiger partial charge in [-0.1, -0.05) is 0 Å². The Balaban J connectivity index is 1.55. The molecule has 0 radical (unpaired) electrons. The highest BCUT2D eigenvalue weighted by atomic mass is 32.1. The zero-order valence-electron chi connectivity index (χ0n) is 12.4. The van der Waals surface area contributed by atoms with Crippen molar-refractivity contribution in [3.05, 3.63) is 40.4 Å². The van der Waals surface area contributed by atoms with Crippen molar-refractivity contribution in [1.29, 1.82) is 0 Å². The van der Waals surface area contributed by atoms with Gasteiger partial charge in [-0.3, -0.25) is 4.79 Å². The van der Waals surface area contributed by atoms with E-state index >= 15 is 0 Å². The first kappa shape index (κ1) is 15.1. The minimum absolute atomic E-state index is 0.00701. The van der Waals surface area contributed by atoms with E-state index in [1.54, 1.807) is 17.2 Å². The molecule has 3 heterocycles. The van der Waals surface area contributed by atoms with Gasteiger partial charge in [-0.15, -0.1) is 11.3 Å². The van der Waals surface area contributed by atoms with Crippen molar-refractivity contribution in [3.63, 3.8) is 0 Å². The molecule has 0 spiro atoms. The maximum absolute atomic E-state index is 12.3. The number of rotatable bonds is 4. The molecule has 0 N–H and O–H groups in total. The molecule has 1 unspecified atom stereocenters. The molecule has 0 aliphatic carbocycles. The molecule has 3 rings (SSSR count). The van der Waals surface area contributed by atoms with Crippen molar-refractivity contribution in [2.24, 2.45) is 0 Å². The predicted molar refractivity (Wildman–Crippen MR) is 82.8 cm³/mol. The monoisotopic (exact) mass is 318 g/mol. The summed E-state index contributed by atoms with van der Waals surface area (Å²) in [7, 11) is 0. The Labute approximate surface area is 133 Å². The molecule has 0 saturated carbocycles. The van der Waals surface area contributed by atoms with Gasteiger partial charge in [-0.25, -0.2) is 15.0 Å². The number of ether oxygens (including phenoxy) is 1. The van der Waals surface area contributed by atoms with Crippen LogP contribution >= 0.6 is 11.3 Å². The highest BCUT2D eigenvalue weighted by molar-refractivity contribution is 7.07. The van der Waals surface area contributed by atoms with E-state index in [2.05, 4.69) is 15.0 Å². The molecule has 1 aliphatic heterocycles. The Hall–Kier alpha value is -1.86. The van der Waals surface area contributed by atoms with Crippen LogP contribution in [-0.4, -0.2) is 51.6 Å². The average Bonchev–Trinajstić information content (AvgIpc) is 3.07. The lowest BCUT2D eigenvalue weighted by Gasteiger charge is -2.32. The van der Waals surface area contributed by atoms with E-state index in [0.717, 1.165) is 24.2 Å². The summed E-state index contributed by atoms with van der Waals surface area (Å²) in [5, 5.41) is 1.79. The van der Waals surface area contributed by atoms with Crippen LogP contribution in [0.1, 0.15) is 28.3 Å². The number of amides is 1. The molecular weight excluding hydrogens is 300 g/mol. The second-order valence-electron chi connectivity index (χ2n) is 5.31. The van der Waals surface area contributed by atoms with Crippen LogP contribution in [0.2, 0.25) is 0 Å². The van der Waals surface area contributed by atoms with Crippen LogP contribution < -0.4 is 0 Å². The van der Waals surface area contributed by atoms with Crippen LogP contribution in [-0.2, 0) is 11.2 Å². The maximum Gasteiger partial charge on any atom is 0.273 e.